The molecule has 0 atom stereocenters. The number of hydrogen-bond donors (Lipinski definition) is 0. The van der Waals surface area contributed by atoms with Crippen LogP contribution in [0.25, 0.3) is 0 Å². The summed E-state index contributed by atoms with van der Waals surface area (Å²) in [4.78, 5) is 0. The van der Waals surface area contributed by atoms with Gasteiger partial charge < -0.3 is 4.74 Å². The third-order valence-electron chi connectivity index (χ3n) is 1.59. The first kappa shape index (κ1) is 9.39. The Morgan fingerprint density at radius 2 is 2.15 bits per heavy atom. The van der Waals surface area contributed by atoms with Crippen LogP contribution in [0.2, 0.25) is 0 Å². The van der Waals surface area contributed by atoms with Crippen LogP contribution in [-0.2, 0) is 11.3 Å². The maximum Gasteiger partial charge on any atom is 0.0725 e. The molecule has 0 aliphatic carbocycles. The number of terminal acetylenes is 1. The average molecular weight is 170 g/mol. The highest BCUT2D eigenvalue weighted by Crippen LogP contribution is 2.07. The van der Waals surface area contributed by atoms with Gasteiger partial charge in [0, 0.05) is 12.7 Å². The van der Waals surface area contributed by atoms with Gasteiger partial charge in [-0.3, -0.25) is 0 Å². The molecule has 0 spiro atoms. The van der Waals surface area contributed by atoms with E-state index in [1.165, 1.54) is 0 Å². The highest BCUT2D eigenvalue weighted by atomic mass is 16.5. The molecule has 1 aromatic carbocycles. The van der Waals surface area contributed by atoms with Crippen LogP contribution in [0.5, 0.6) is 0 Å². The SMILES string of the molecule is C#CC#Cc1ccccc1COC. The lowest BCUT2D eigenvalue weighted by molar-refractivity contribution is 0.184. The molecular weight excluding hydrogens is 160 g/mol. The van der Waals surface area contributed by atoms with E-state index in [0.29, 0.717) is 6.61 Å². The van der Waals surface area contributed by atoms with Crippen molar-refractivity contribution in [1.29, 1.82) is 0 Å². The monoisotopic (exact) mass is 170 g/mol. The summed E-state index contributed by atoms with van der Waals surface area (Å²) in [5.74, 6) is 7.75. The normalized spacial score (nSPS) is 8.31. The van der Waals surface area contributed by atoms with Gasteiger partial charge in [0.15, 0.2) is 0 Å². The van der Waals surface area contributed by atoms with Crippen molar-refractivity contribution in [1.82, 2.24) is 0 Å². The molecule has 0 aliphatic rings. The molecule has 0 heterocycles. The lowest BCUT2D eigenvalue weighted by Gasteiger charge is -2.01. The van der Waals surface area contributed by atoms with Gasteiger partial charge in [0.1, 0.15) is 0 Å². The fourth-order valence-corrected chi connectivity index (χ4v) is 1.03. The van der Waals surface area contributed by atoms with E-state index in [1.54, 1.807) is 7.11 Å². The number of rotatable bonds is 2. The first-order valence-electron chi connectivity index (χ1n) is 3.92. The van der Waals surface area contributed by atoms with E-state index in [4.69, 9.17) is 11.2 Å². The van der Waals surface area contributed by atoms with E-state index in [1.807, 2.05) is 24.3 Å². The highest BCUT2D eigenvalue weighted by molar-refractivity contribution is 5.43. The molecular formula is C12H10O. The largest absolute Gasteiger partial charge is 0.380 e. The molecule has 1 rings (SSSR count). The molecule has 0 aromatic heterocycles. The van der Waals surface area contributed by atoms with E-state index in [2.05, 4.69) is 17.8 Å². The number of benzene rings is 1. The van der Waals surface area contributed by atoms with E-state index in [0.717, 1.165) is 11.1 Å². The van der Waals surface area contributed by atoms with Crippen molar-refractivity contribution in [3.8, 4) is 24.2 Å². The van der Waals surface area contributed by atoms with Crippen LogP contribution in [0.15, 0.2) is 24.3 Å². The van der Waals surface area contributed by atoms with Gasteiger partial charge in [-0.05, 0) is 23.5 Å². The second kappa shape index (κ2) is 5.04. The number of methoxy groups -OCH3 is 1. The van der Waals surface area contributed by atoms with E-state index in [9.17, 15) is 0 Å². The summed E-state index contributed by atoms with van der Waals surface area (Å²) < 4.78 is 5.03. The lowest BCUT2D eigenvalue weighted by Crippen LogP contribution is -1.91. The van der Waals surface area contributed by atoms with Crippen molar-refractivity contribution in [3.05, 3.63) is 35.4 Å². The van der Waals surface area contributed by atoms with Crippen molar-refractivity contribution in [2.75, 3.05) is 7.11 Å². The zero-order valence-corrected chi connectivity index (χ0v) is 7.50. The molecule has 0 N–H and O–H groups in total. The molecule has 0 unspecified atom stereocenters. The maximum atomic E-state index is 5.05. The summed E-state index contributed by atoms with van der Waals surface area (Å²) in [6, 6.07) is 7.79. The second-order valence-corrected chi connectivity index (χ2v) is 2.48. The molecule has 0 saturated heterocycles. The Morgan fingerprint density at radius 3 is 2.85 bits per heavy atom. The fraction of sp³-hybridized carbons (Fsp3) is 0.167. The number of hydrogen-bond acceptors (Lipinski definition) is 1. The molecule has 64 valence electrons. The molecule has 0 radical (unpaired) electrons. The molecule has 0 amide bonds. The summed E-state index contributed by atoms with van der Waals surface area (Å²) in [6.45, 7) is 0.565. The van der Waals surface area contributed by atoms with Crippen LogP contribution in [0.3, 0.4) is 0 Å². The van der Waals surface area contributed by atoms with Crippen LogP contribution in [0.4, 0.5) is 0 Å². The third kappa shape index (κ3) is 2.67. The minimum atomic E-state index is 0.565. The summed E-state index contributed by atoms with van der Waals surface area (Å²) >= 11 is 0. The quantitative estimate of drug-likeness (QED) is 0.615. The zero-order chi connectivity index (χ0) is 9.52. The smallest absolute Gasteiger partial charge is 0.0725 e. The maximum absolute atomic E-state index is 5.05. The van der Waals surface area contributed by atoms with Crippen LogP contribution < -0.4 is 0 Å². The van der Waals surface area contributed by atoms with Crippen LogP contribution in [0, 0.1) is 24.2 Å². The van der Waals surface area contributed by atoms with Crippen molar-refractivity contribution < 1.29 is 4.74 Å². The van der Waals surface area contributed by atoms with Gasteiger partial charge in [0.2, 0.25) is 0 Å². The van der Waals surface area contributed by atoms with Crippen molar-refractivity contribution in [3.63, 3.8) is 0 Å². The standard InChI is InChI=1S/C12H10O/c1-3-4-7-11-8-5-6-9-12(11)10-13-2/h1,5-6,8-9H,10H2,2H3. The lowest BCUT2D eigenvalue weighted by atomic mass is 10.1. The third-order valence-corrected chi connectivity index (χ3v) is 1.59. The van der Waals surface area contributed by atoms with E-state index < -0.39 is 0 Å². The minimum Gasteiger partial charge on any atom is -0.380 e. The van der Waals surface area contributed by atoms with Gasteiger partial charge in [-0.2, -0.15) is 0 Å². The van der Waals surface area contributed by atoms with E-state index >= 15 is 0 Å². The first-order chi connectivity index (χ1) is 6.38. The second-order valence-electron chi connectivity index (χ2n) is 2.48. The van der Waals surface area contributed by atoms with E-state index in [-0.39, 0.29) is 0 Å². The van der Waals surface area contributed by atoms with Crippen LogP contribution in [0.1, 0.15) is 11.1 Å². The molecule has 1 nitrogen and oxygen atoms in total. The first-order valence-corrected chi connectivity index (χ1v) is 3.92. The van der Waals surface area contributed by atoms with Crippen LogP contribution >= 0.6 is 0 Å². The van der Waals surface area contributed by atoms with Gasteiger partial charge in [-0.15, -0.1) is 6.42 Å². The van der Waals surface area contributed by atoms with Crippen molar-refractivity contribution in [2.24, 2.45) is 0 Å². The molecule has 0 aliphatic heterocycles. The minimum absolute atomic E-state index is 0.565. The van der Waals surface area contributed by atoms with Crippen molar-refractivity contribution in [2.45, 2.75) is 6.61 Å². The van der Waals surface area contributed by atoms with Crippen LogP contribution in [-0.4, -0.2) is 7.11 Å². The summed E-state index contributed by atoms with van der Waals surface area (Å²) in [5, 5.41) is 0. The Bertz CT molecular complexity index is 374. The predicted octanol–water partition coefficient (Wildman–Crippen LogP) is 1.82. The van der Waals surface area contributed by atoms with Gasteiger partial charge in [-0.1, -0.05) is 24.1 Å². The predicted molar refractivity (Wildman–Crippen MR) is 52.9 cm³/mol. The Labute approximate surface area is 78.7 Å². The zero-order valence-electron chi connectivity index (χ0n) is 7.50. The highest BCUT2D eigenvalue weighted by Gasteiger charge is 1.96. The molecule has 1 heteroatoms. The van der Waals surface area contributed by atoms with Gasteiger partial charge >= 0.3 is 0 Å². The molecule has 0 fully saturated rings. The van der Waals surface area contributed by atoms with Crippen molar-refractivity contribution >= 4 is 0 Å². The Kier molecular flexibility index (Phi) is 3.64. The van der Waals surface area contributed by atoms with Gasteiger partial charge in [-0.25, -0.2) is 0 Å². The summed E-state index contributed by atoms with van der Waals surface area (Å²) in [6.07, 6.45) is 5.05. The van der Waals surface area contributed by atoms with Gasteiger partial charge in [0.05, 0.1) is 6.61 Å². The summed E-state index contributed by atoms with van der Waals surface area (Å²) in [5.41, 5.74) is 2.00. The molecule has 13 heavy (non-hydrogen) atoms. The fourth-order valence-electron chi connectivity index (χ4n) is 1.03. The Morgan fingerprint density at radius 1 is 1.38 bits per heavy atom. The summed E-state index contributed by atoms with van der Waals surface area (Å²) in [7, 11) is 1.66. The van der Waals surface area contributed by atoms with Gasteiger partial charge in [0.25, 0.3) is 0 Å². The Balaban J connectivity index is 2.99. The number of ether oxygens (including phenoxy) is 1. The molecule has 0 saturated carbocycles. The topological polar surface area (TPSA) is 9.23 Å². The Hall–Kier alpha value is -1.70. The average Bonchev–Trinajstić information content (AvgIpc) is 2.17. The molecule has 1 aromatic rings. The molecule has 0 bridgehead atoms.